The van der Waals surface area contributed by atoms with Gasteiger partial charge in [0.25, 0.3) is 0 Å². The number of nitrogens with zero attached hydrogens (tertiary/aromatic N) is 1. The molecule has 1 saturated heterocycles. The number of nitrogens with one attached hydrogen (secondary N) is 1. The molecule has 0 aromatic heterocycles. The summed E-state index contributed by atoms with van der Waals surface area (Å²) in [5.74, 6) is -1.65. The molecule has 1 aliphatic rings. The van der Waals surface area contributed by atoms with E-state index in [2.05, 4.69) is 5.32 Å². The molecule has 1 fully saturated rings. The molecule has 0 bridgehead atoms. The van der Waals surface area contributed by atoms with Gasteiger partial charge in [0.15, 0.2) is 11.6 Å². The van der Waals surface area contributed by atoms with Gasteiger partial charge >= 0.3 is 0 Å². The minimum absolute atomic E-state index is 0.0686. The van der Waals surface area contributed by atoms with Crippen LogP contribution in [0.25, 0.3) is 0 Å². The molecule has 0 radical (unpaired) electrons. The minimum Gasteiger partial charge on any atom is -0.342 e. The third-order valence-corrected chi connectivity index (χ3v) is 3.71. The van der Waals surface area contributed by atoms with Crippen molar-refractivity contribution in [3.05, 3.63) is 35.4 Å². The molecule has 1 heterocycles. The Balaban J connectivity index is 1.86. The predicted molar refractivity (Wildman–Crippen MR) is 73.2 cm³/mol. The highest BCUT2D eigenvalue weighted by atomic mass is 19.2. The van der Waals surface area contributed by atoms with E-state index in [1.807, 2.05) is 11.8 Å². The molecule has 1 amide bonds. The molecule has 1 atom stereocenters. The number of hydrogen-bond donors (Lipinski definition) is 1. The van der Waals surface area contributed by atoms with Gasteiger partial charge < -0.3 is 10.2 Å². The molecule has 1 unspecified atom stereocenters. The van der Waals surface area contributed by atoms with Gasteiger partial charge in [0.2, 0.25) is 5.91 Å². The Kier molecular flexibility index (Phi) is 5.06. The van der Waals surface area contributed by atoms with E-state index in [-0.39, 0.29) is 18.5 Å². The average Bonchev–Trinajstić information content (AvgIpc) is 2.48. The lowest BCUT2D eigenvalue weighted by molar-refractivity contribution is -0.131. The lowest BCUT2D eigenvalue weighted by atomic mass is 10.1. The fraction of sp³-hybridized carbons (Fsp3) is 0.533. The van der Waals surface area contributed by atoms with E-state index in [1.165, 1.54) is 18.6 Å². The molecule has 1 aromatic carbocycles. The first-order valence-corrected chi connectivity index (χ1v) is 7.04. The van der Waals surface area contributed by atoms with E-state index >= 15 is 0 Å². The van der Waals surface area contributed by atoms with Crippen LogP contribution in [0.2, 0.25) is 0 Å². The molecule has 3 nitrogen and oxygen atoms in total. The van der Waals surface area contributed by atoms with Gasteiger partial charge in [0.05, 0.1) is 6.54 Å². The van der Waals surface area contributed by atoms with Crippen LogP contribution in [-0.2, 0) is 4.79 Å². The van der Waals surface area contributed by atoms with E-state index in [0.29, 0.717) is 5.56 Å². The highest BCUT2D eigenvalue weighted by molar-refractivity contribution is 5.78. The van der Waals surface area contributed by atoms with Crippen LogP contribution in [0.4, 0.5) is 8.78 Å². The predicted octanol–water partition coefficient (Wildman–Crippen LogP) is 2.63. The Morgan fingerprint density at radius 2 is 1.95 bits per heavy atom. The number of halogens is 2. The molecule has 1 aliphatic heterocycles. The van der Waals surface area contributed by atoms with Crippen molar-refractivity contribution in [3.8, 4) is 0 Å². The highest BCUT2D eigenvalue weighted by Gasteiger charge is 2.17. The molecular weight excluding hydrogens is 262 g/mol. The van der Waals surface area contributed by atoms with Crippen molar-refractivity contribution in [2.45, 2.75) is 32.2 Å². The zero-order chi connectivity index (χ0) is 14.5. The second-order valence-corrected chi connectivity index (χ2v) is 5.22. The number of hydrogen-bond acceptors (Lipinski definition) is 2. The summed E-state index contributed by atoms with van der Waals surface area (Å²) in [6.07, 6.45) is 3.30. The molecule has 2 rings (SSSR count). The Morgan fingerprint density at radius 1 is 1.25 bits per heavy atom. The van der Waals surface area contributed by atoms with Gasteiger partial charge in [-0.15, -0.1) is 0 Å². The van der Waals surface area contributed by atoms with E-state index in [4.69, 9.17) is 0 Å². The van der Waals surface area contributed by atoms with E-state index in [1.54, 1.807) is 0 Å². The number of carbonyl (C=O) groups excluding carboxylic acids is 1. The summed E-state index contributed by atoms with van der Waals surface area (Å²) in [6.45, 7) is 3.69. The summed E-state index contributed by atoms with van der Waals surface area (Å²) in [4.78, 5) is 13.8. The lowest BCUT2D eigenvalue weighted by Gasteiger charge is -2.27. The van der Waals surface area contributed by atoms with Crippen LogP contribution in [0.5, 0.6) is 0 Å². The zero-order valence-corrected chi connectivity index (χ0v) is 11.7. The minimum atomic E-state index is -0.862. The van der Waals surface area contributed by atoms with Gasteiger partial charge in [-0.05, 0) is 43.9 Å². The number of likely N-dealkylation sites (tertiary alicyclic amines) is 1. The monoisotopic (exact) mass is 282 g/mol. The Hall–Kier alpha value is -1.49. The zero-order valence-electron chi connectivity index (χ0n) is 11.7. The van der Waals surface area contributed by atoms with Crippen molar-refractivity contribution >= 4 is 5.91 Å². The molecule has 20 heavy (non-hydrogen) atoms. The smallest absolute Gasteiger partial charge is 0.236 e. The van der Waals surface area contributed by atoms with Crippen LogP contribution in [0.3, 0.4) is 0 Å². The van der Waals surface area contributed by atoms with Gasteiger partial charge in [-0.2, -0.15) is 0 Å². The van der Waals surface area contributed by atoms with Crippen molar-refractivity contribution in [1.29, 1.82) is 0 Å². The summed E-state index contributed by atoms with van der Waals surface area (Å²) in [5.41, 5.74) is 0.635. The molecule has 0 aliphatic carbocycles. The Morgan fingerprint density at radius 3 is 2.60 bits per heavy atom. The highest BCUT2D eigenvalue weighted by Crippen LogP contribution is 2.16. The second kappa shape index (κ2) is 6.79. The maximum Gasteiger partial charge on any atom is 0.236 e. The van der Waals surface area contributed by atoms with E-state index in [9.17, 15) is 13.6 Å². The summed E-state index contributed by atoms with van der Waals surface area (Å²) in [6, 6.07) is 3.61. The molecule has 110 valence electrons. The number of carbonyl (C=O) groups is 1. The maximum absolute atomic E-state index is 13.2. The van der Waals surface area contributed by atoms with Gasteiger partial charge in [0.1, 0.15) is 0 Å². The third-order valence-electron chi connectivity index (χ3n) is 3.71. The van der Waals surface area contributed by atoms with Crippen molar-refractivity contribution < 1.29 is 13.6 Å². The average molecular weight is 282 g/mol. The first kappa shape index (κ1) is 14.9. The normalized spacial score (nSPS) is 17.1. The summed E-state index contributed by atoms with van der Waals surface area (Å²) in [7, 11) is 0. The molecular formula is C15H20F2N2O. The molecule has 0 spiro atoms. The van der Waals surface area contributed by atoms with Crippen LogP contribution < -0.4 is 5.32 Å². The number of piperidine rings is 1. The van der Waals surface area contributed by atoms with Crippen molar-refractivity contribution in [3.63, 3.8) is 0 Å². The SMILES string of the molecule is CC(NCC(=O)N1CCCCC1)c1ccc(F)c(F)c1. The first-order chi connectivity index (χ1) is 9.58. The first-order valence-electron chi connectivity index (χ1n) is 7.04. The van der Waals surface area contributed by atoms with E-state index in [0.717, 1.165) is 32.0 Å². The van der Waals surface area contributed by atoms with Crippen molar-refractivity contribution in [2.24, 2.45) is 0 Å². The van der Waals surface area contributed by atoms with Crippen LogP contribution in [0, 0.1) is 11.6 Å². The van der Waals surface area contributed by atoms with E-state index < -0.39 is 11.6 Å². The lowest BCUT2D eigenvalue weighted by Crippen LogP contribution is -2.41. The number of benzene rings is 1. The van der Waals surface area contributed by atoms with Crippen LogP contribution in [0.1, 0.15) is 37.8 Å². The fourth-order valence-corrected chi connectivity index (χ4v) is 2.40. The third kappa shape index (κ3) is 3.76. The molecule has 5 heteroatoms. The second-order valence-electron chi connectivity index (χ2n) is 5.22. The Labute approximate surface area is 118 Å². The maximum atomic E-state index is 13.2. The van der Waals surface area contributed by atoms with Crippen LogP contribution in [0.15, 0.2) is 18.2 Å². The standard InChI is InChI=1S/C15H20F2N2O/c1-11(12-5-6-13(16)14(17)9-12)18-10-15(20)19-7-3-2-4-8-19/h5-6,9,11,18H,2-4,7-8,10H2,1H3. The van der Waals surface area contributed by atoms with Gasteiger partial charge in [-0.1, -0.05) is 6.07 Å². The van der Waals surface area contributed by atoms with Gasteiger partial charge in [0, 0.05) is 19.1 Å². The summed E-state index contributed by atoms with van der Waals surface area (Å²) >= 11 is 0. The number of amides is 1. The largest absolute Gasteiger partial charge is 0.342 e. The summed E-state index contributed by atoms with van der Waals surface area (Å²) in [5, 5.41) is 3.06. The molecule has 1 aromatic rings. The quantitative estimate of drug-likeness (QED) is 0.920. The Bertz CT molecular complexity index is 473. The van der Waals surface area contributed by atoms with Crippen molar-refractivity contribution in [1.82, 2.24) is 10.2 Å². The number of rotatable bonds is 4. The molecule has 1 N–H and O–H groups in total. The van der Waals surface area contributed by atoms with Gasteiger partial charge in [-0.3, -0.25) is 4.79 Å². The van der Waals surface area contributed by atoms with Gasteiger partial charge in [-0.25, -0.2) is 8.78 Å². The fourth-order valence-electron chi connectivity index (χ4n) is 2.40. The van der Waals surface area contributed by atoms with Crippen molar-refractivity contribution in [2.75, 3.05) is 19.6 Å². The summed E-state index contributed by atoms with van der Waals surface area (Å²) < 4.78 is 26.0. The van der Waals surface area contributed by atoms with Crippen LogP contribution in [-0.4, -0.2) is 30.4 Å². The topological polar surface area (TPSA) is 32.3 Å². The molecule has 0 saturated carbocycles. The van der Waals surface area contributed by atoms with Crippen LogP contribution >= 0.6 is 0 Å².